The Morgan fingerprint density at radius 3 is 2.78 bits per heavy atom. The Bertz CT molecular complexity index is 1360. The Balaban J connectivity index is 1.43. The number of halogens is 1. The summed E-state index contributed by atoms with van der Waals surface area (Å²) in [5, 5.41) is 7.45. The van der Waals surface area contributed by atoms with Crippen LogP contribution in [0.1, 0.15) is 32.6 Å². The fourth-order valence-corrected chi connectivity index (χ4v) is 5.74. The van der Waals surface area contributed by atoms with E-state index in [1.807, 2.05) is 18.2 Å². The zero-order chi connectivity index (χ0) is 26.6. The molecule has 2 heterocycles. The number of hydrogen-bond donors (Lipinski definition) is 2. The quantitative estimate of drug-likeness (QED) is 0.412. The number of piperidine rings is 1. The highest BCUT2D eigenvalue weighted by atomic mass is 35.5. The van der Waals surface area contributed by atoms with Gasteiger partial charge in [-0.2, -0.15) is 4.98 Å². The number of methoxy groups -OCH3 is 1. The van der Waals surface area contributed by atoms with Crippen molar-refractivity contribution >= 4 is 33.2 Å². The molecule has 2 aromatic carbocycles. The zero-order valence-corrected chi connectivity index (χ0v) is 22.5. The molecule has 0 aliphatic carbocycles. The molecule has 0 bridgehead atoms. The fraction of sp³-hybridized carbons (Fsp3) is 0.400. The highest BCUT2D eigenvalue weighted by molar-refractivity contribution is 7.89. The average Bonchev–Trinajstić information content (AvgIpc) is 3.31. The predicted octanol–water partition coefficient (Wildman–Crippen LogP) is 3.94. The lowest BCUT2D eigenvalue weighted by molar-refractivity contribution is -0.121. The summed E-state index contributed by atoms with van der Waals surface area (Å²) in [6.07, 6.45) is 1.51. The van der Waals surface area contributed by atoms with Crippen LogP contribution in [0.15, 0.2) is 51.9 Å². The number of benzene rings is 2. The maximum Gasteiger partial charge on any atom is 0.241 e. The van der Waals surface area contributed by atoms with Gasteiger partial charge in [0.15, 0.2) is 0 Å². The van der Waals surface area contributed by atoms with Crippen LogP contribution in [0.25, 0.3) is 11.4 Å². The van der Waals surface area contributed by atoms with Crippen LogP contribution in [0.4, 0.5) is 5.69 Å². The average molecular weight is 548 g/mol. The van der Waals surface area contributed by atoms with Crippen molar-refractivity contribution in [2.45, 2.75) is 44.2 Å². The van der Waals surface area contributed by atoms with E-state index in [1.165, 1.54) is 25.3 Å². The van der Waals surface area contributed by atoms with Gasteiger partial charge in [-0.15, -0.1) is 0 Å². The lowest BCUT2D eigenvalue weighted by Gasteiger charge is -2.31. The van der Waals surface area contributed by atoms with E-state index < -0.39 is 10.0 Å². The van der Waals surface area contributed by atoms with Gasteiger partial charge in [-0.1, -0.05) is 28.9 Å². The number of amides is 1. The Morgan fingerprint density at radius 1 is 1.27 bits per heavy atom. The summed E-state index contributed by atoms with van der Waals surface area (Å²) in [7, 11) is -2.26. The van der Waals surface area contributed by atoms with Crippen molar-refractivity contribution < 1.29 is 22.5 Å². The molecule has 0 saturated carbocycles. The van der Waals surface area contributed by atoms with Crippen molar-refractivity contribution in [1.29, 1.82) is 0 Å². The van der Waals surface area contributed by atoms with Gasteiger partial charge in [-0.3, -0.25) is 9.69 Å². The monoisotopic (exact) mass is 547 g/mol. The summed E-state index contributed by atoms with van der Waals surface area (Å²) in [5.74, 6) is 0.714. The number of anilines is 1. The number of sulfonamides is 1. The lowest BCUT2D eigenvalue weighted by atomic mass is 9.97. The van der Waals surface area contributed by atoms with Crippen molar-refractivity contribution in [2.75, 3.05) is 25.5 Å². The molecular weight excluding hydrogens is 518 g/mol. The number of likely N-dealkylation sites (tertiary alicyclic amines) is 1. The van der Waals surface area contributed by atoms with E-state index in [0.29, 0.717) is 53.2 Å². The largest absolute Gasteiger partial charge is 0.495 e. The molecule has 1 aliphatic rings. The molecule has 1 saturated heterocycles. The minimum absolute atomic E-state index is 0.0493. The minimum Gasteiger partial charge on any atom is -0.495 e. The number of hydrogen-bond acceptors (Lipinski definition) is 8. The maximum absolute atomic E-state index is 13.2. The second-order valence-electron chi connectivity index (χ2n) is 9.19. The normalized spacial score (nSPS) is 16.6. The first kappa shape index (κ1) is 27.1. The number of carbonyl (C=O) groups is 1. The fourth-order valence-electron chi connectivity index (χ4n) is 4.24. The number of rotatable bonds is 9. The number of carbonyl (C=O) groups excluding carboxylic acids is 1. The first-order valence-electron chi connectivity index (χ1n) is 12.0. The van der Waals surface area contributed by atoms with Gasteiger partial charge in [0, 0.05) is 18.2 Å². The van der Waals surface area contributed by atoms with E-state index in [4.69, 9.17) is 20.9 Å². The summed E-state index contributed by atoms with van der Waals surface area (Å²) in [6, 6.07) is 11.4. The predicted molar refractivity (Wildman–Crippen MR) is 140 cm³/mol. The molecule has 1 amide bonds. The molecule has 4 rings (SSSR count). The van der Waals surface area contributed by atoms with Gasteiger partial charge in [0.05, 0.1) is 35.2 Å². The van der Waals surface area contributed by atoms with Gasteiger partial charge in [0.1, 0.15) is 5.75 Å². The maximum atomic E-state index is 13.2. The summed E-state index contributed by atoms with van der Waals surface area (Å²) >= 11 is 6.24. The number of nitrogens with zero attached hydrogens (tertiary/aromatic N) is 3. The van der Waals surface area contributed by atoms with Crippen molar-refractivity contribution in [3.8, 4) is 17.1 Å². The molecule has 0 spiro atoms. The third kappa shape index (κ3) is 6.67. The molecule has 1 unspecified atom stereocenters. The highest BCUT2D eigenvalue weighted by Crippen LogP contribution is 2.30. The number of aromatic nitrogens is 2. The molecule has 1 aliphatic heterocycles. The van der Waals surface area contributed by atoms with Crippen LogP contribution in [0.2, 0.25) is 5.02 Å². The molecular formula is C25H30ClN5O5S. The summed E-state index contributed by atoms with van der Waals surface area (Å²) in [5.41, 5.74) is 0.995. The van der Waals surface area contributed by atoms with Crippen LogP contribution >= 0.6 is 11.6 Å². The molecule has 37 heavy (non-hydrogen) atoms. The van der Waals surface area contributed by atoms with E-state index in [-0.39, 0.29) is 22.8 Å². The summed E-state index contributed by atoms with van der Waals surface area (Å²) < 4.78 is 38.5. The first-order valence-corrected chi connectivity index (χ1v) is 13.8. The molecule has 3 aromatic rings. The molecule has 2 N–H and O–H groups in total. The van der Waals surface area contributed by atoms with Crippen LogP contribution in [0.5, 0.6) is 5.75 Å². The van der Waals surface area contributed by atoms with Gasteiger partial charge >= 0.3 is 0 Å². The standard InChI is InChI=1S/C25H30ClN5O5S/c1-16(2)30-37(33,34)18-10-11-22(35-3)21(13-18)27-25(32)17-7-6-12-31(14-17)15-23-28-24(29-36-23)19-8-4-5-9-20(19)26/h4-5,8-11,13,16-17,30H,6-7,12,14-15H2,1-3H3,(H,27,32). The van der Waals surface area contributed by atoms with Crippen LogP contribution in [-0.2, 0) is 21.4 Å². The Kier molecular flexibility index (Phi) is 8.48. The van der Waals surface area contributed by atoms with Crippen molar-refractivity contribution in [3.05, 3.63) is 53.4 Å². The Hall–Kier alpha value is -2.99. The number of nitrogens with one attached hydrogen (secondary N) is 2. The van der Waals surface area contributed by atoms with Crippen LogP contribution < -0.4 is 14.8 Å². The Labute approximate surface area is 221 Å². The summed E-state index contributed by atoms with van der Waals surface area (Å²) in [6.45, 7) is 5.16. The van der Waals surface area contributed by atoms with E-state index in [1.54, 1.807) is 19.9 Å². The molecule has 0 radical (unpaired) electrons. The third-order valence-electron chi connectivity index (χ3n) is 5.95. The van der Waals surface area contributed by atoms with Crippen LogP contribution in [0, 0.1) is 5.92 Å². The third-order valence-corrected chi connectivity index (χ3v) is 7.93. The first-order chi connectivity index (χ1) is 17.7. The molecule has 1 fully saturated rings. The van der Waals surface area contributed by atoms with Crippen molar-refractivity contribution in [1.82, 2.24) is 19.8 Å². The highest BCUT2D eigenvalue weighted by Gasteiger charge is 2.28. The molecule has 1 aromatic heterocycles. The smallest absolute Gasteiger partial charge is 0.241 e. The van der Waals surface area contributed by atoms with E-state index in [9.17, 15) is 13.2 Å². The van der Waals surface area contributed by atoms with Gasteiger partial charge < -0.3 is 14.6 Å². The van der Waals surface area contributed by atoms with E-state index in [0.717, 1.165) is 13.0 Å². The van der Waals surface area contributed by atoms with Gasteiger partial charge in [-0.05, 0) is 63.6 Å². The second kappa shape index (κ2) is 11.6. The van der Waals surface area contributed by atoms with Crippen molar-refractivity contribution in [3.63, 3.8) is 0 Å². The molecule has 12 heteroatoms. The summed E-state index contributed by atoms with van der Waals surface area (Å²) in [4.78, 5) is 19.8. The SMILES string of the molecule is COc1ccc(S(=O)(=O)NC(C)C)cc1NC(=O)C1CCCN(Cc2nc(-c3ccccc3Cl)no2)C1. The molecule has 1 atom stereocenters. The minimum atomic E-state index is -3.73. The van der Waals surface area contributed by atoms with Gasteiger partial charge in [0.25, 0.3) is 0 Å². The number of ether oxygens (including phenoxy) is 1. The molecule has 198 valence electrons. The second-order valence-corrected chi connectivity index (χ2v) is 11.3. The van der Waals surface area contributed by atoms with E-state index in [2.05, 4.69) is 25.1 Å². The Morgan fingerprint density at radius 2 is 2.05 bits per heavy atom. The van der Waals surface area contributed by atoms with Crippen molar-refractivity contribution in [2.24, 2.45) is 5.92 Å². The lowest BCUT2D eigenvalue weighted by Crippen LogP contribution is -2.40. The van der Waals surface area contributed by atoms with E-state index >= 15 is 0 Å². The van der Waals surface area contributed by atoms with Gasteiger partial charge in [0.2, 0.25) is 27.6 Å². The van der Waals surface area contributed by atoms with Crippen LogP contribution in [0.3, 0.4) is 0 Å². The molecule has 10 nitrogen and oxygen atoms in total. The topological polar surface area (TPSA) is 127 Å². The zero-order valence-electron chi connectivity index (χ0n) is 20.9. The van der Waals surface area contributed by atoms with Gasteiger partial charge in [-0.25, -0.2) is 13.1 Å². The van der Waals surface area contributed by atoms with Crippen LogP contribution in [-0.4, -0.2) is 55.6 Å².